The molecule has 2 aliphatic heterocycles. The van der Waals surface area contributed by atoms with Gasteiger partial charge < -0.3 is 15.2 Å². The first-order valence-corrected chi connectivity index (χ1v) is 11.4. The number of aromatic nitrogens is 2. The second kappa shape index (κ2) is 9.03. The van der Waals surface area contributed by atoms with Gasteiger partial charge in [-0.15, -0.1) is 11.8 Å². The SMILES string of the molecule is CC(=O)OCC1=C(C(=O)O)N2C(=O)[C@H](NC(=O)[C@@H](C)Cn3nc(C)c(Br)c3C)[C@H]2SC1. The lowest BCUT2D eigenvalue weighted by Crippen LogP contribution is -2.71. The van der Waals surface area contributed by atoms with Gasteiger partial charge in [0.15, 0.2) is 0 Å². The summed E-state index contributed by atoms with van der Waals surface area (Å²) in [4.78, 5) is 49.3. The van der Waals surface area contributed by atoms with E-state index >= 15 is 0 Å². The number of rotatable bonds is 7. The highest BCUT2D eigenvalue weighted by Gasteiger charge is 2.54. The lowest BCUT2D eigenvalue weighted by molar-refractivity contribution is -0.151. The maximum atomic E-state index is 12.7. The second-order valence-electron chi connectivity index (χ2n) is 7.50. The van der Waals surface area contributed by atoms with Crippen molar-refractivity contribution in [3.63, 3.8) is 0 Å². The maximum Gasteiger partial charge on any atom is 0.352 e. The molecule has 0 saturated carbocycles. The van der Waals surface area contributed by atoms with Gasteiger partial charge in [-0.3, -0.25) is 24.0 Å². The average molecular weight is 515 g/mol. The van der Waals surface area contributed by atoms with Crippen LogP contribution in [0.5, 0.6) is 0 Å². The van der Waals surface area contributed by atoms with Crippen LogP contribution in [0, 0.1) is 19.8 Å². The molecule has 168 valence electrons. The molecule has 3 rings (SSSR count). The summed E-state index contributed by atoms with van der Waals surface area (Å²) in [5.74, 6) is -2.78. The first kappa shape index (κ1) is 23.3. The van der Waals surface area contributed by atoms with Crippen molar-refractivity contribution < 1.29 is 29.0 Å². The van der Waals surface area contributed by atoms with Crippen molar-refractivity contribution in [2.75, 3.05) is 12.4 Å². The first-order valence-electron chi connectivity index (χ1n) is 9.56. The molecule has 0 spiro atoms. The van der Waals surface area contributed by atoms with E-state index in [2.05, 4.69) is 26.3 Å². The van der Waals surface area contributed by atoms with Gasteiger partial charge in [0.05, 0.1) is 22.6 Å². The van der Waals surface area contributed by atoms with Crippen molar-refractivity contribution in [2.45, 2.75) is 45.7 Å². The van der Waals surface area contributed by atoms with Crippen LogP contribution in [0.2, 0.25) is 0 Å². The predicted molar refractivity (Wildman–Crippen MR) is 115 cm³/mol. The van der Waals surface area contributed by atoms with Gasteiger partial charge in [0.1, 0.15) is 23.7 Å². The van der Waals surface area contributed by atoms with E-state index in [0.29, 0.717) is 12.1 Å². The van der Waals surface area contributed by atoms with Crippen molar-refractivity contribution in [1.82, 2.24) is 20.0 Å². The molecule has 1 aromatic rings. The topological polar surface area (TPSA) is 131 Å². The third-order valence-electron chi connectivity index (χ3n) is 5.18. The van der Waals surface area contributed by atoms with Crippen LogP contribution in [0.4, 0.5) is 0 Å². The van der Waals surface area contributed by atoms with Crippen molar-refractivity contribution in [3.8, 4) is 0 Å². The summed E-state index contributed by atoms with van der Waals surface area (Å²) in [5.41, 5.74) is 1.90. The fourth-order valence-corrected chi connectivity index (χ4v) is 5.09. The summed E-state index contributed by atoms with van der Waals surface area (Å²) in [6.45, 7) is 6.89. The lowest BCUT2D eigenvalue weighted by atomic mass is 10.0. The number of ether oxygens (including phenoxy) is 1. The van der Waals surface area contributed by atoms with Crippen molar-refractivity contribution in [1.29, 1.82) is 0 Å². The molecule has 1 aromatic heterocycles. The molecule has 2 N–H and O–H groups in total. The van der Waals surface area contributed by atoms with E-state index in [-0.39, 0.29) is 24.0 Å². The molecule has 2 aliphatic rings. The fraction of sp³-hybridized carbons (Fsp3) is 0.526. The van der Waals surface area contributed by atoms with Crippen LogP contribution in [-0.4, -0.2) is 67.3 Å². The molecule has 31 heavy (non-hydrogen) atoms. The van der Waals surface area contributed by atoms with E-state index in [0.717, 1.165) is 20.8 Å². The zero-order valence-corrected chi connectivity index (χ0v) is 19.9. The largest absolute Gasteiger partial charge is 0.477 e. The van der Waals surface area contributed by atoms with Crippen LogP contribution >= 0.6 is 27.7 Å². The quantitative estimate of drug-likeness (QED) is 0.409. The fourth-order valence-electron chi connectivity index (χ4n) is 3.47. The molecule has 0 radical (unpaired) electrons. The number of amides is 2. The molecular weight excluding hydrogens is 492 g/mol. The average Bonchev–Trinajstić information content (AvgIpc) is 2.95. The maximum absolute atomic E-state index is 12.7. The zero-order valence-electron chi connectivity index (χ0n) is 17.5. The number of carboxylic acids is 1. The van der Waals surface area contributed by atoms with Gasteiger partial charge in [-0.05, 0) is 29.8 Å². The number of nitrogens with one attached hydrogen (secondary N) is 1. The van der Waals surface area contributed by atoms with Crippen molar-refractivity contribution in [2.24, 2.45) is 5.92 Å². The van der Waals surface area contributed by atoms with Crippen LogP contribution < -0.4 is 5.32 Å². The van der Waals surface area contributed by atoms with E-state index in [4.69, 9.17) is 4.74 Å². The summed E-state index contributed by atoms with van der Waals surface area (Å²) in [6, 6.07) is -0.809. The Balaban J connectivity index is 1.67. The van der Waals surface area contributed by atoms with E-state index in [1.165, 1.54) is 18.7 Å². The van der Waals surface area contributed by atoms with E-state index in [1.54, 1.807) is 11.6 Å². The Hall–Kier alpha value is -2.34. The number of carbonyl (C=O) groups excluding carboxylic acids is 3. The van der Waals surface area contributed by atoms with Crippen LogP contribution in [0.15, 0.2) is 15.7 Å². The molecule has 0 aliphatic carbocycles. The van der Waals surface area contributed by atoms with Gasteiger partial charge in [0.2, 0.25) is 5.91 Å². The number of fused-ring (bicyclic) bond motifs is 1. The molecule has 1 saturated heterocycles. The molecule has 2 amide bonds. The highest BCUT2D eigenvalue weighted by atomic mass is 79.9. The smallest absolute Gasteiger partial charge is 0.352 e. The molecule has 3 atom stereocenters. The summed E-state index contributed by atoms with van der Waals surface area (Å²) in [6.07, 6.45) is 0. The van der Waals surface area contributed by atoms with Crippen LogP contribution in [0.1, 0.15) is 25.2 Å². The number of carbonyl (C=O) groups is 4. The normalized spacial score (nSPS) is 21.3. The van der Waals surface area contributed by atoms with Gasteiger partial charge in [-0.1, -0.05) is 6.92 Å². The number of thioether (sulfide) groups is 1. The number of halogens is 1. The Bertz CT molecular complexity index is 990. The second-order valence-corrected chi connectivity index (χ2v) is 9.40. The first-order chi connectivity index (χ1) is 14.5. The Morgan fingerprint density at radius 2 is 2.06 bits per heavy atom. The molecular formula is C19H23BrN4O6S. The molecule has 0 aromatic carbocycles. The summed E-state index contributed by atoms with van der Waals surface area (Å²) < 4.78 is 7.54. The van der Waals surface area contributed by atoms with Crippen molar-refractivity contribution >= 4 is 51.4 Å². The Labute approximate surface area is 191 Å². The minimum Gasteiger partial charge on any atom is -0.477 e. The Morgan fingerprint density at radius 3 is 2.61 bits per heavy atom. The molecule has 10 nitrogen and oxygen atoms in total. The number of hydrogen-bond acceptors (Lipinski definition) is 7. The van der Waals surface area contributed by atoms with Gasteiger partial charge in [0.25, 0.3) is 5.91 Å². The lowest BCUT2D eigenvalue weighted by Gasteiger charge is -2.49. The third-order valence-corrected chi connectivity index (χ3v) is 7.67. The highest BCUT2D eigenvalue weighted by Crippen LogP contribution is 2.40. The molecule has 0 bridgehead atoms. The number of esters is 1. The monoisotopic (exact) mass is 514 g/mol. The van der Waals surface area contributed by atoms with Gasteiger partial charge >= 0.3 is 11.9 Å². The van der Waals surface area contributed by atoms with Gasteiger partial charge in [-0.25, -0.2) is 4.79 Å². The van der Waals surface area contributed by atoms with Crippen molar-refractivity contribution in [3.05, 3.63) is 27.1 Å². The molecule has 1 fully saturated rings. The number of β-lactam (4-membered cyclic amide) rings is 1. The van der Waals surface area contributed by atoms with Crippen LogP contribution in [0.25, 0.3) is 0 Å². The molecule has 3 heterocycles. The number of aliphatic carboxylic acids is 1. The third kappa shape index (κ3) is 4.49. The van der Waals surface area contributed by atoms with E-state index < -0.39 is 35.2 Å². The number of nitrogens with zero attached hydrogens (tertiary/aromatic N) is 3. The Morgan fingerprint density at radius 1 is 1.39 bits per heavy atom. The minimum atomic E-state index is -1.27. The van der Waals surface area contributed by atoms with Crippen LogP contribution in [-0.2, 0) is 30.5 Å². The Kier molecular flexibility index (Phi) is 6.79. The van der Waals surface area contributed by atoms with Gasteiger partial charge in [0, 0.05) is 23.9 Å². The number of carboxylic acid groups (broad SMARTS) is 1. The molecule has 12 heteroatoms. The minimum absolute atomic E-state index is 0.180. The summed E-state index contributed by atoms with van der Waals surface area (Å²) >= 11 is 4.78. The summed E-state index contributed by atoms with van der Waals surface area (Å²) in [5, 5.41) is 16.2. The summed E-state index contributed by atoms with van der Waals surface area (Å²) in [7, 11) is 0. The number of hydrogen-bond donors (Lipinski definition) is 2. The number of aryl methyl sites for hydroxylation is 1. The highest BCUT2D eigenvalue weighted by molar-refractivity contribution is 9.10. The predicted octanol–water partition coefficient (Wildman–Crippen LogP) is 1.20. The van der Waals surface area contributed by atoms with E-state index in [9.17, 15) is 24.3 Å². The zero-order chi connectivity index (χ0) is 23.0. The standard InChI is InChI=1S/C19H23BrN4O6S/c1-8(5-23-10(3)13(20)9(2)22-23)16(26)21-14-17(27)24-15(19(28)29)12(6-30-11(4)25)7-31-18(14)24/h8,14,18H,5-7H2,1-4H3,(H,21,26)(H,28,29)/t8-,14-,18+/m0/s1. The van der Waals surface area contributed by atoms with E-state index in [1.807, 2.05) is 13.8 Å². The van der Waals surface area contributed by atoms with Gasteiger partial charge in [-0.2, -0.15) is 5.10 Å². The van der Waals surface area contributed by atoms with Crippen LogP contribution in [0.3, 0.4) is 0 Å². The molecule has 0 unspecified atom stereocenters.